The van der Waals surface area contributed by atoms with E-state index in [4.69, 9.17) is 10.00 Å². The van der Waals surface area contributed by atoms with E-state index in [1.807, 2.05) is 23.1 Å². The van der Waals surface area contributed by atoms with E-state index in [2.05, 4.69) is 54.7 Å². The van der Waals surface area contributed by atoms with E-state index in [9.17, 15) is 4.79 Å². The molecule has 1 aliphatic heterocycles. The summed E-state index contributed by atoms with van der Waals surface area (Å²) in [6, 6.07) is 9.57. The molecule has 0 unspecified atom stereocenters. The number of rotatable bonds is 3. The van der Waals surface area contributed by atoms with Crippen LogP contribution < -0.4 is 4.74 Å². The van der Waals surface area contributed by atoms with Crippen molar-refractivity contribution < 1.29 is 9.53 Å². The Hall–Kier alpha value is -2.39. The Labute approximate surface area is 179 Å². The van der Waals surface area contributed by atoms with Crippen molar-refractivity contribution in [2.45, 2.75) is 46.3 Å². The zero-order valence-corrected chi connectivity index (χ0v) is 18.7. The average molecular weight is 454 g/mol. The third kappa shape index (κ3) is 3.03. The molecule has 1 amide bonds. The molecule has 0 bridgehead atoms. The van der Waals surface area contributed by atoms with Gasteiger partial charge in [-0.1, -0.05) is 27.7 Å². The van der Waals surface area contributed by atoms with Gasteiger partial charge in [-0.25, -0.2) is 0 Å². The number of halogens is 1. The zero-order chi connectivity index (χ0) is 21.0. The number of benzene rings is 1. The van der Waals surface area contributed by atoms with Gasteiger partial charge in [0.05, 0.1) is 11.1 Å². The highest BCUT2D eigenvalue weighted by Gasteiger charge is 2.66. The summed E-state index contributed by atoms with van der Waals surface area (Å²) in [6.45, 7) is 9.37. The van der Waals surface area contributed by atoms with Gasteiger partial charge in [0, 0.05) is 40.3 Å². The molecule has 4 rings (SSSR count). The molecule has 0 saturated heterocycles. The first-order chi connectivity index (χ1) is 13.7. The van der Waals surface area contributed by atoms with E-state index in [-0.39, 0.29) is 28.9 Å². The number of ether oxygens (including phenoxy) is 1. The molecule has 6 heteroatoms. The van der Waals surface area contributed by atoms with E-state index < -0.39 is 0 Å². The highest BCUT2D eigenvalue weighted by Crippen LogP contribution is 2.58. The van der Waals surface area contributed by atoms with E-state index in [0.717, 1.165) is 22.2 Å². The van der Waals surface area contributed by atoms with Gasteiger partial charge in [-0.2, -0.15) is 5.26 Å². The predicted octanol–water partition coefficient (Wildman–Crippen LogP) is 4.60. The number of nitrogens with zero attached hydrogens (tertiary/aromatic N) is 3. The number of carbonyl (C=O) groups is 1. The normalized spacial score (nSPS) is 24.3. The zero-order valence-electron chi connectivity index (χ0n) is 17.1. The Balaban J connectivity index is 1.60. The standard InChI is InChI=1S/C23H24BrN3O2/c1-22(2)20(27-10-8-14-7-9-26-13-17(14)19(27)28)23(3,4)21(22)29-16-6-5-15(12-25)18(24)11-16/h5-7,9,11,13,20-21H,8,10H2,1-4H3/t20-,21-. The van der Waals surface area contributed by atoms with E-state index in [0.29, 0.717) is 17.7 Å². The first kappa shape index (κ1) is 19.9. The van der Waals surface area contributed by atoms with E-state index in [1.165, 1.54) is 0 Å². The number of pyridine rings is 1. The van der Waals surface area contributed by atoms with Gasteiger partial charge in [0.25, 0.3) is 5.91 Å². The third-order valence-corrected chi connectivity index (χ3v) is 7.07. The van der Waals surface area contributed by atoms with Gasteiger partial charge in [0.2, 0.25) is 0 Å². The maximum Gasteiger partial charge on any atom is 0.256 e. The van der Waals surface area contributed by atoms with Crippen LogP contribution in [0.4, 0.5) is 0 Å². The number of aromatic nitrogens is 1. The Morgan fingerprint density at radius 2 is 1.97 bits per heavy atom. The van der Waals surface area contributed by atoms with Gasteiger partial charge < -0.3 is 9.64 Å². The summed E-state index contributed by atoms with van der Waals surface area (Å²) in [7, 11) is 0. The van der Waals surface area contributed by atoms with Crippen LogP contribution in [0.25, 0.3) is 0 Å². The van der Waals surface area contributed by atoms with Gasteiger partial charge in [-0.15, -0.1) is 0 Å². The average Bonchev–Trinajstić information content (AvgIpc) is 2.68. The van der Waals surface area contributed by atoms with Gasteiger partial charge in [-0.3, -0.25) is 9.78 Å². The van der Waals surface area contributed by atoms with Crippen LogP contribution in [-0.4, -0.2) is 34.5 Å². The molecule has 0 N–H and O–H groups in total. The Morgan fingerprint density at radius 1 is 1.24 bits per heavy atom. The van der Waals surface area contributed by atoms with E-state index >= 15 is 0 Å². The number of fused-ring (bicyclic) bond motifs is 1. The summed E-state index contributed by atoms with van der Waals surface area (Å²) in [6.07, 6.45) is 4.21. The first-order valence-corrected chi connectivity index (χ1v) is 10.6. The van der Waals surface area contributed by atoms with Crippen LogP contribution in [0, 0.1) is 22.2 Å². The SMILES string of the molecule is CC1(C)[C@H](Oc2ccc(C#N)c(Br)c2)C(C)(C)[C@H]1N1CCc2ccncc2C1=O. The molecule has 0 atom stereocenters. The molecule has 2 heterocycles. The van der Waals surface area contributed by atoms with Crippen LogP contribution in [0.1, 0.15) is 49.2 Å². The van der Waals surface area contributed by atoms with Gasteiger partial charge >= 0.3 is 0 Å². The first-order valence-electron chi connectivity index (χ1n) is 9.78. The summed E-state index contributed by atoms with van der Waals surface area (Å²) in [5, 5.41) is 9.13. The van der Waals surface area contributed by atoms with Crippen molar-refractivity contribution in [1.82, 2.24) is 9.88 Å². The van der Waals surface area contributed by atoms with Crippen molar-refractivity contribution in [2.75, 3.05) is 6.54 Å². The van der Waals surface area contributed by atoms with Crippen LogP contribution in [0.3, 0.4) is 0 Å². The van der Waals surface area contributed by atoms with Crippen molar-refractivity contribution in [3.8, 4) is 11.8 Å². The smallest absolute Gasteiger partial charge is 0.256 e. The molecular weight excluding hydrogens is 430 g/mol. The maximum atomic E-state index is 13.2. The largest absolute Gasteiger partial charge is 0.489 e. The van der Waals surface area contributed by atoms with Crippen LogP contribution in [0.2, 0.25) is 0 Å². The summed E-state index contributed by atoms with van der Waals surface area (Å²) in [4.78, 5) is 19.4. The monoisotopic (exact) mass is 453 g/mol. The lowest BCUT2D eigenvalue weighted by molar-refractivity contribution is -0.199. The number of hydrogen-bond acceptors (Lipinski definition) is 4. The maximum absolute atomic E-state index is 13.2. The summed E-state index contributed by atoms with van der Waals surface area (Å²) in [5.74, 6) is 0.782. The van der Waals surface area contributed by atoms with Crippen LogP contribution in [0.15, 0.2) is 41.1 Å². The predicted molar refractivity (Wildman–Crippen MR) is 114 cm³/mol. The summed E-state index contributed by atoms with van der Waals surface area (Å²) in [5.41, 5.74) is 1.92. The van der Waals surface area contributed by atoms with Gasteiger partial charge in [0.1, 0.15) is 17.9 Å². The number of nitriles is 1. The topological polar surface area (TPSA) is 66.2 Å². The van der Waals surface area contributed by atoms with Crippen LogP contribution in [0.5, 0.6) is 5.75 Å². The van der Waals surface area contributed by atoms with Gasteiger partial charge in [0.15, 0.2) is 0 Å². The molecule has 2 aliphatic rings. The fraction of sp³-hybridized carbons (Fsp3) is 0.435. The summed E-state index contributed by atoms with van der Waals surface area (Å²) < 4.78 is 7.12. The molecule has 1 saturated carbocycles. The molecule has 5 nitrogen and oxygen atoms in total. The fourth-order valence-electron chi connectivity index (χ4n) is 5.59. The lowest BCUT2D eigenvalue weighted by Crippen LogP contribution is -2.75. The quantitative estimate of drug-likeness (QED) is 0.680. The number of carbonyl (C=O) groups excluding carboxylic acids is 1. The van der Waals surface area contributed by atoms with Crippen molar-refractivity contribution in [2.24, 2.45) is 10.8 Å². The Kier molecular flexibility index (Phi) is 4.70. The minimum absolute atomic E-state index is 0.0580. The molecule has 1 aromatic heterocycles. The molecular formula is C23H24BrN3O2. The molecule has 1 aliphatic carbocycles. The Morgan fingerprint density at radius 3 is 2.62 bits per heavy atom. The second-order valence-electron chi connectivity index (χ2n) is 9.08. The minimum Gasteiger partial charge on any atom is -0.489 e. The van der Waals surface area contributed by atoms with Crippen LogP contribution >= 0.6 is 15.9 Å². The van der Waals surface area contributed by atoms with Gasteiger partial charge in [-0.05, 0) is 52.2 Å². The van der Waals surface area contributed by atoms with E-state index in [1.54, 1.807) is 18.5 Å². The molecule has 0 spiro atoms. The Bertz CT molecular complexity index is 1010. The molecule has 29 heavy (non-hydrogen) atoms. The second-order valence-corrected chi connectivity index (χ2v) is 9.93. The summed E-state index contributed by atoms with van der Waals surface area (Å²) >= 11 is 3.43. The molecule has 1 fully saturated rings. The second kappa shape index (κ2) is 6.84. The molecule has 1 aromatic carbocycles. The number of hydrogen-bond donors (Lipinski definition) is 0. The lowest BCUT2D eigenvalue weighted by Gasteiger charge is -2.66. The highest BCUT2D eigenvalue weighted by molar-refractivity contribution is 9.10. The molecule has 2 aromatic rings. The molecule has 150 valence electrons. The number of amides is 1. The molecule has 0 radical (unpaired) electrons. The van der Waals surface area contributed by atoms with Crippen molar-refractivity contribution >= 4 is 21.8 Å². The van der Waals surface area contributed by atoms with Crippen LogP contribution in [-0.2, 0) is 6.42 Å². The minimum atomic E-state index is -0.223. The van der Waals surface area contributed by atoms with Crippen molar-refractivity contribution in [1.29, 1.82) is 5.26 Å². The van der Waals surface area contributed by atoms with Crippen molar-refractivity contribution in [3.05, 3.63) is 57.8 Å². The lowest BCUT2D eigenvalue weighted by atomic mass is 9.48. The van der Waals surface area contributed by atoms with Crippen molar-refractivity contribution in [3.63, 3.8) is 0 Å². The highest BCUT2D eigenvalue weighted by atomic mass is 79.9. The fourth-order valence-corrected chi connectivity index (χ4v) is 6.03. The third-order valence-electron chi connectivity index (χ3n) is 6.41.